The van der Waals surface area contributed by atoms with E-state index < -0.39 is 23.8 Å². The molecule has 2 aromatic rings. The molecule has 3 rings (SSSR count). The summed E-state index contributed by atoms with van der Waals surface area (Å²) in [5, 5.41) is 9.99. The molecule has 2 aromatic carbocycles. The van der Waals surface area contributed by atoms with E-state index in [0.717, 1.165) is 15.6 Å². The minimum absolute atomic E-state index is 0.250. The van der Waals surface area contributed by atoms with E-state index in [0.29, 0.717) is 19.3 Å². The molecule has 1 amide bonds. The molecule has 30 heavy (non-hydrogen) atoms. The van der Waals surface area contributed by atoms with Gasteiger partial charge in [0.1, 0.15) is 6.10 Å². The summed E-state index contributed by atoms with van der Waals surface area (Å²) in [6.45, 7) is 5.61. The molecule has 1 aliphatic rings. The van der Waals surface area contributed by atoms with Crippen LogP contribution in [0.25, 0.3) is 0 Å². The highest BCUT2D eigenvalue weighted by Gasteiger charge is 2.45. The molecule has 1 heterocycles. The number of esters is 1. The summed E-state index contributed by atoms with van der Waals surface area (Å²) in [6, 6.07) is 17.2. The highest BCUT2D eigenvalue weighted by molar-refractivity contribution is 9.10. The fourth-order valence-corrected chi connectivity index (χ4v) is 4.41. The van der Waals surface area contributed by atoms with Gasteiger partial charge in [-0.3, -0.25) is 9.69 Å². The number of halogens is 1. The molecular formula is C24H28BrNO4. The van der Waals surface area contributed by atoms with Gasteiger partial charge in [-0.1, -0.05) is 58.4 Å². The number of ether oxygens (including phenoxy) is 1. The molecule has 1 saturated heterocycles. The van der Waals surface area contributed by atoms with Gasteiger partial charge in [0, 0.05) is 16.4 Å². The monoisotopic (exact) mass is 473 g/mol. The molecule has 0 spiro atoms. The Hall–Kier alpha value is -2.34. The molecule has 1 N–H and O–H groups in total. The van der Waals surface area contributed by atoms with E-state index >= 15 is 0 Å². The van der Waals surface area contributed by atoms with Crippen LogP contribution >= 0.6 is 15.9 Å². The number of cyclic esters (lactones) is 1. The third kappa shape index (κ3) is 5.42. The molecule has 5 nitrogen and oxygen atoms in total. The van der Waals surface area contributed by atoms with E-state index in [4.69, 9.17) is 4.74 Å². The SMILES string of the molecule is CC(C)(C)N(C(=O)O)[C@@H](Cc1ccccc1)[C@@H]1CC(Cc2ccc(Br)cc2)C(=O)O1. The number of amides is 1. The maximum Gasteiger partial charge on any atom is 0.408 e. The van der Waals surface area contributed by atoms with Gasteiger partial charge in [0.05, 0.1) is 12.0 Å². The number of nitrogens with zero attached hydrogens (tertiary/aromatic N) is 1. The molecule has 1 unspecified atom stereocenters. The van der Waals surface area contributed by atoms with Crippen molar-refractivity contribution in [2.45, 2.75) is 57.7 Å². The highest BCUT2D eigenvalue weighted by Crippen LogP contribution is 2.33. The summed E-state index contributed by atoms with van der Waals surface area (Å²) < 4.78 is 6.77. The van der Waals surface area contributed by atoms with Gasteiger partial charge in [0.15, 0.2) is 0 Å². The Kier molecular flexibility index (Phi) is 6.86. The zero-order valence-corrected chi connectivity index (χ0v) is 19.1. The Morgan fingerprint density at radius 2 is 1.77 bits per heavy atom. The van der Waals surface area contributed by atoms with Crippen LogP contribution in [0.1, 0.15) is 38.3 Å². The molecule has 0 aromatic heterocycles. The van der Waals surface area contributed by atoms with Crippen LogP contribution < -0.4 is 0 Å². The van der Waals surface area contributed by atoms with Crippen LogP contribution in [-0.4, -0.2) is 39.8 Å². The van der Waals surface area contributed by atoms with E-state index in [1.807, 2.05) is 75.4 Å². The van der Waals surface area contributed by atoms with Gasteiger partial charge < -0.3 is 9.84 Å². The van der Waals surface area contributed by atoms with Crippen LogP contribution in [0.4, 0.5) is 4.79 Å². The Labute approximate surface area is 186 Å². The lowest BCUT2D eigenvalue weighted by molar-refractivity contribution is -0.147. The molecule has 0 saturated carbocycles. The Morgan fingerprint density at radius 3 is 2.33 bits per heavy atom. The van der Waals surface area contributed by atoms with Crippen LogP contribution in [0.3, 0.4) is 0 Å². The number of hydrogen-bond donors (Lipinski definition) is 1. The number of rotatable bonds is 6. The summed E-state index contributed by atoms with van der Waals surface area (Å²) in [6.07, 6.45) is 0.104. The summed E-state index contributed by atoms with van der Waals surface area (Å²) in [4.78, 5) is 26.3. The van der Waals surface area contributed by atoms with Crippen molar-refractivity contribution >= 4 is 28.0 Å². The predicted molar refractivity (Wildman–Crippen MR) is 119 cm³/mol. The summed E-state index contributed by atoms with van der Waals surface area (Å²) in [5.41, 5.74) is 1.46. The van der Waals surface area contributed by atoms with Crippen molar-refractivity contribution in [1.82, 2.24) is 4.90 Å². The molecule has 0 aliphatic carbocycles. The van der Waals surface area contributed by atoms with Gasteiger partial charge in [-0.2, -0.15) is 0 Å². The Morgan fingerprint density at radius 1 is 1.13 bits per heavy atom. The number of benzene rings is 2. The first-order chi connectivity index (χ1) is 14.1. The van der Waals surface area contributed by atoms with Gasteiger partial charge >= 0.3 is 12.1 Å². The van der Waals surface area contributed by atoms with Crippen molar-refractivity contribution in [3.8, 4) is 0 Å². The van der Waals surface area contributed by atoms with Crippen molar-refractivity contribution < 1.29 is 19.4 Å². The minimum Gasteiger partial charge on any atom is -0.465 e. The van der Waals surface area contributed by atoms with Crippen molar-refractivity contribution in [2.75, 3.05) is 0 Å². The highest BCUT2D eigenvalue weighted by atomic mass is 79.9. The predicted octanol–water partition coefficient (Wildman–Crippen LogP) is 5.31. The quantitative estimate of drug-likeness (QED) is 0.576. The maximum absolute atomic E-state index is 12.7. The largest absolute Gasteiger partial charge is 0.465 e. The molecule has 0 bridgehead atoms. The van der Waals surface area contributed by atoms with Crippen molar-refractivity contribution in [3.63, 3.8) is 0 Å². The summed E-state index contributed by atoms with van der Waals surface area (Å²) in [7, 11) is 0. The number of carboxylic acid groups (broad SMARTS) is 1. The number of carbonyl (C=O) groups excluding carboxylic acids is 1. The van der Waals surface area contributed by atoms with Crippen LogP contribution in [0, 0.1) is 5.92 Å². The zero-order valence-electron chi connectivity index (χ0n) is 17.5. The molecule has 3 atom stereocenters. The lowest BCUT2D eigenvalue weighted by atomic mass is 9.89. The van der Waals surface area contributed by atoms with Crippen LogP contribution in [0.2, 0.25) is 0 Å². The van der Waals surface area contributed by atoms with E-state index in [2.05, 4.69) is 15.9 Å². The second kappa shape index (κ2) is 9.21. The van der Waals surface area contributed by atoms with Crippen molar-refractivity contribution in [1.29, 1.82) is 0 Å². The average molecular weight is 474 g/mol. The summed E-state index contributed by atoms with van der Waals surface area (Å²) in [5.74, 6) is -0.523. The first kappa shape index (κ1) is 22.3. The number of carbonyl (C=O) groups is 2. The first-order valence-corrected chi connectivity index (χ1v) is 11.0. The van der Waals surface area contributed by atoms with Crippen LogP contribution in [0.15, 0.2) is 59.1 Å². The standard InChI is InChI=1S/C24H28BrNO4/c1-24(2,3)26(23(28)29)20(14-16-7-5-4-6-8-16)21-15-18(22(27)30-21)13-17-9-11-19(25)12-10-17/h4-12,18,20-21H,13-15H2,1-3H3,(H,28,29)/t18?,20-,21-/m0/s1. The fourth-order valence-electron chi connectivity index (χ4n) is 4.15. The second-order valence-electron chi connectivity index (χ2n) is 8.82. The van der Waals surface area contributed by atoms with Gasteiger partial charge in [-0.05, 0) is 56.9 Å². The Bertz CT molecular complexity index is 876. The van der Waals surface area contributed by atoms with Crippen LogP contribution in [-0.2, 0) is 22.4 Å². The second-order valence-corrected chi connectivity index (χ2v) is 9.73. The van der Waals surface area contributed by atoms with Crippen LogP contribution in [0.5, 0.6) is 0 Å². The molecule has 1 fully saturated rings. The van der Waals surface area contributed by atoms with E-state index in [1.165, 1.54) is 4.90 Å². The molecule has 6 heteroatoms. The third-order valence-corrected chi connectivity index (χ3v) is 6.02. The molecule has 1 aliphatic heterocycles. The van der Waals surface area contributed by atoms with Crippen molar-refractivity contribution in [3.05, 3.63) is 70.2 Å². The smallest absolute Gasteiger partial charge is 0.408 e. The Balaban J connectivity index is 1.84. The summed E-state index contributed by atoms with van der Waals surface area (Å²) >= 11 is 3.43. The fraction of sp³-hybridized carbons (Fsp3) is 0.417. The molecular weight excluding hydrogens is 446 g/mol. The topological polar surface area (TPSA) is 66.8 Å². The maximum atomic E-state index is 12.7. The van der Waals surface area contributed by atoms with Gasteiger partial charge in [0.25, 0.3) is 0 Å². The van der Waals surface area contributed by atoms with Gasteiger partial charge in [-0.15, -0.1) is 0 Å². The first-order valence-electron chi connectivity index (χ1n) is 10.2. The lowest BCUT2D eigenvalue weighted by Crippen LogP contribution is -2.56. The zero-order chi connectivity index (χ0) is 21.9. The van der Waals surface area contributed by atoms with E-state index in [1.54, 1.807) is 0 Å². The lowest BCUT2D eigenvalue weighted by Gasteiger charge is -2.41. The third-order valence-electron chi connectivity index (χ3n) is 5.49. The van der Waals surface area contributed by atoms with Gasteiger partial charge in [0.2, 0.25) is 0 Å². The van der Waals surface area contributed by atoms with Crippen molar-refractivity contribution in [2.24, 2.45) is 5.92 Å². The van der Waals surface area contributed by atoms with E-state index in [9.17, 15) is 14.7 Å². The minimum atomic E-state index is -1.00. The number of hydrogen-bond acceptors (Lipinski definition) is 3. The molecule has 160 valence electrons. The average Bonchev–Trinajstić information content (AvgIpc) is 3.03. The van der Waals surface area contributed by atoms with Gasteiger partial charge in [-0.25, -0.2) is 4.79 Å². The normalized spacial score (nSPS) is 19.9. The van der Waals surface area contributed by atoms with E-state index in [-0.39, 0.29) is 11.9 Å². The molecule has 0 radical (unpaired) electrons.